The van der Waals surface area contributed by atoms with Crippen molar-refractivity contribution in [3.8, 4) is 0 Å². The average molecular weight is 527 g/mol. The van der Waals surface area contributed by atoms with Crippen molar-refractivity contribution in [3.63, 3.8) is 0 Å². The van der Waals surface area contributed by atoms with E-state index in [1.807, 2.05) is 13.0 Å². The molecule has 8 nitrogen and oxygen atoms in total. The van der Waals surface area contributed by atoms with Crippen LogP contribution < -0.4 is 10.6 Å². The molecule has 2 amide bonds. The highest BCUT2D eigenvalue weighted by Crippen LogP contribution is 2.52. The average Bonchev–Trinajstić information content (AvgIpc) is 3.46. The number of fused-ring (bicyclic) bond motifs is 5. The summed E-state index contributed by atoms with van der Waals surface area (Å²) in [4.78, 5) is 31.4. The Bertz CT molecular complexity index is 819. The van der Waals surface area contributed by atoms with E-state index >= 15 is 0 Å². The number of nitrogens with one attached hydrogen (secondary N) is 2. The van der Waals surface area contributed by atoms with Crippen molar-refractivity contribution >= 4 is 41.8 Å². The first-order valence-corrected chi connectivity index (χ1v) is 10.5. The second kappa shape index (κ2) is 9.49. The summed E-state index contributed by atoms with van der Waals surface area (Å²) in [5.41, 5.74) is 0.910. The lowest BCUT2D eigenvalue weighted by Gasteiger charge is -2.18. The predicted octanol–water partition coefficient (Wildman–Crippen LogP) is 2.28. The number of likely N-dealkylation sites (tertiary alicyclic amines) is 1. The second-order valence-electron chi connectivity index (χ2n) is 8.32. The van der Waals surface area contributed by atoms with Crippen LogP contribution in [-0.2, 0) is 16.1 Å². The highest BCUT2D eigenvalue weighted by atomic mass is 127. The van der Waals surface area contributed by atoms with E-state index in [-0.39, 0.29) is 59.5 Å². The summed E-state index contributed by atoms with van der Waals surface area (Å²) < 4.78 is 5.32. The maximum Gasteiger partial charge on any atom is 0.233 e. The first-order chi connectivity index (χ1) is 14.0. The SMILES string of the molecule is CCNC(=NCc1cc(C(C)C)no1)NCCN1C(=O)C2C3C=CC(C3)C2C1=O.I. The Labute approximate surface area is 193 Å². The summed E-state index contributed by atoms with van der Waals surface area (Å²) in [5.74, 6) is 1.83. The number of nitrogens with zero attached hydrogens (tertiary/aromatic N) is 3. The third-order valence-electron chi connectivity index (χ3n) is 6.10. The zero-order valence-corrected chi connectivity index (χ0v) is 20.0. The lowest BCUT2D eigenvalue weighted by atomic mass is 9.85. The molecule has 1 saturated carbocycles. The maximum absolute atomic E-state index is 12.7. The van der Waals surface area contributed by atoms with Crippen molar-refractivity contribution in [2.45, 2.75) is 39.7 Å². The van der Waals surface area contributed by atoms with Crippen molar-refractivity contribution in [2.75, 3.05) is 19.6 Å². The first kappa shape index (κ1) is 22.8. The van der Waals surface area contributed by atoms with Crippen molar-refractivity contribution in [3.05, 3.63) is 29.7 Å². The quantitative estimate of drug-likeness (QED) is 0.186. The molecule has 0 spiro atoms. The fraction of sp³-hybridized carbons (Fsp3) is 0.619. The van der Waals surface area contributed by atoms with E-state index in [0.717, 1.165) is 12.1 Å². The Morgan fingerprint density at radius 2 is 1.90 bits per heavy atom. The molecule has 1 aliphatic heterocycles. The summed E-state index contributed by atoms with van der Waals surface area (Å²) in [5, 5.41) is 10.4. The summed E-state index contributed by atoms with van der Waals surface area (Å²) >= 11 is 0. The van der Waals surface area contributed by atoms with Gasteiger partial charge in [-0.05, 0) is 31.1 Å². The van der Waals surface area contributed by atoms with E-state index in [2.05, 4.69) is 46.8 Å². The fourth-order valence-corrected chi connectivity index (χ4v) is 4.64. The smallest absolute Gasteiger partial charge is 0.233 e. The van der Waals surface area contributed by atoms with Crippen LogP contribution in [-0.4, -0.2) is 47.5 Å². The van der Waals surface area contributed by atoms with Crippen LogP contribution in [0, 0.1) is 23.7 Å². The molecule has 4 atom stereocenters. The number of aromatic nitrogens is 1. The Balaban J connectivity index is 0.00000256. The van der Waals surface area contributed by atoms with Crippen LogP contribution in [0.4, 0.5) is 0 Å². The molecule has 9 heteroatoms. The lowest BCUT2D eigenvalue weighted by Crippen LogP contribution is -2.43. The Morgan fingerprint density at radius 1 is 1.23 bits per heavy atom. The molecule has 2 N–H and O–H groups in total. The van der Waals surface area contributed by atoms with E-state index in [4.69, 9.17) is 4.52 Å². The standard InChI is InChI=1S/C21H29N5O3.HI/c1-4-22-21(24-11-15-10-16(12(2)3)25-29-15)23-7-8-26-19(27)17-13-5-6-14(9-13)18(17)20(26)28;/h5-6,10,12-14,17-18H,4,7-9,11H2,1-3H3,(H2,22,23,24);1H. The Morgan fingerprint density at radius 3 is 2.47 bits per heavy atom. The molecule has 30 heavy (non-hydrogen) atoms. The van der Waals surface area contributed by atoms with E-state index in [0.29, 0.717) is 43.8 Å². The molecule has 2 bridgehead atoms. The Hall–Kier alpha value is -1.91. The van der Waals surface area contributed by atoms with Gasteiger partial charge in [-0.1, -0.05) is 31.2 Å². The van der Waals surface area contributed by atoms with Crippen molar-refractivity contribution in [1.82, 2.24) is 20.7 Å². The zero-order chi connectivity index (χ0) is 20.5. The molecule has 2 heterocycles. The van der Waals surface area contributed by atoms with Crippen molar-refractivity contribution in [1.29, 1.82) is 0 Å². The van der Waals surface area contributed by atoms with Crippen LogP contribution in [0.5, 0.6) is 0 Å². The zero-order valence-electron chi connectivity index (χ0n) is 17.6. The highest BCUT2D eigenvalue weighted by molar-refractivity contribution is 14.0. The van der Waals surface area contributed by atoms with Gasteiger partial charge < -0.3 is 15.2 Å². The molecule has 2 aliphatic carbocycles. The number of guanidine groups is 1. The molecular weight excluding hydrogens is 497 g/mol. The van der Waals surface area contributed by atoms with Gasteiger partial charge in [-0.25, -0.2) is 4.99 Å². The van der Waals surface area contributed by atoms with Crippen LogP contribution in [0.3, 0.4) is 0 Å². The number of carbonyl (C=O) groups excluding carboxylic acids is 2. The first-order valence-electron chi connectivity index (χ1n) is 10.5. The number of aliphatic imine (C=N–C) groups is 1. The van der Waals surface area contributed by atoms with Crippen LogP contribution >= 0.6 is 24.0 Å². The molecule has 4 rings (SSSR count). The van der Waals surface area contributed by atoms with Gasteiger partial charge in [-0.2, -0.15) is 0 Å². The van der Waals surface area contributed by atoms with Crippen molar-refractivity contribution < 1.29 is 14.1 Å². The summed E-state index contributed by atoms with van der Waals surface area (Å²) in [7, 11) is 0. The van der Waals surface area contributed by atoms with Gasteiger partial charge in [-0.15, -0.1) is 24.0 Å². The third-order valence-corrected chi connectivity index (χ3v) is 6.10. The van der Waals surface area contributed by atoms with E-state index < -0.39 is 0 Å². The van der Waals surface area contributed by atoms with Gasteiger partial charge in [0.25, 0.3) is 0 Å². The fourth-order valence-electron chi connectivity index (χ4n) is 4.64. The normalized spacial score (nSPS) is 27.1. The summed E-state index contributed by atoms with van der Waals surface area (Å²) in [6.07, 6.45) is 5.18. The van der Waals surface area contributed by atoms with Gasteiger partial charge in [0.05, 0.1) is 17.5 Å². The minimum atomic E-state index is -0.138. The summed E-state index contributed by atoms with van der Waals surface area (Å²) in [6, 6.07) is 1.92. The minimum Gasteiger partial charge on any atom is -0.359 e. The largest absolute Gasteiger partial charge is 0.359 e. The second-order valence-corrected chi connectivity index (χ2v) is 8.32. The number of carbonyl (C=O) groups is 2. The Kier molecular flexibility index (Phi) is 7.20. The van der Waals surface area contributed by atoms with Crippen LogP contribution in [0.1, 0.15) is 44.6 Å². The van der Waals surface area contributed by atoms with Gasteiger partial charge in [-0.3, -0.25) is 14.5 Å². The molecule has 164 valence electrons. The van der Waals surface area contributed by atoms with Gasteiger partial charge in [0, 0.05) is 25.7 Å². The number of amides is 2. The molecular formula is C21H30IN5O3. The molecule has 0 aromatic carbocycles. The number of hydrogen-bond acceptors (Lipinski definition) is 5. The topological polar surface area (TPSA) is 99.8 Å². The molecule has 1 aromatic heterocycles. The number of imide groups is 1. The number of hydrogen-bond donors (Lipinski definition) is 2. The van der Waals surface area contributed by atoms with Gasteiger partial charge in [0.1, 0.15) is 6.54 Å². The van der Waals surface area contributed by atoms with Gasteiger partial charge in [0.2, 0.25) is 11.8 Å². The van der Waals surface area contributed by atoms with Crippen LogP contribution in [0.15, 0.2) is 27.7 Å². The molecule has 0 radical (unpaired) electrons. The van der Waals surface area contributed by atoms with Crippen LogP contribution in [0.2, 0.25) is 0 Å². The van der Waals surface area contributed by atoms with Gasteiger partial charge >= 0.3 is 0 Å². The predicted molar refractivity (Wildman–Crippen MR) is 123 cm³/mol. The molecule has 4 unspecified atom stereocenters. The van der Waals surface area contributed by atoms with E-state index in [9.17, 15) is 9.59 Å². The summed E-state index contributed by atoms with van der Waals surface area (Å²) in [6.45, 7) is 8.00. The minimum absolute atomic E-state index is 0. The lowest BCUT2D eigenvalue weighted by molar-refractivity contribution is -0.140. The monoisotopic (exact) mass is 527 g/mol. The van der Waals surface area contributed by atoms with Crippen LogP contribution in [0.25, 0.3) is 0 Å². The van der Waals surface area contributed by atoms with E-state index in [1.165, 1.54) is 4.90 Å². The molecule has 2 fully saturated rings. The molecule has 1 aromatic rings. The molecule has 1 saturated heterocycles. The highest BCUT2D eigenvalue weighted by Gasteiger charge is 2.58. The maximum atomic E-state index is 12.7. The molecule has 3 aliphatic rings. The number of rotatable bonds is 7. The van der Waals surface area contributed by atoms with E-state index in [1.54, 1.807) is 0 Å². The number of halogens is 1. The van der Waals surface area contributed by atoms with Crippen molar-refractivity contribution in [2.24, 2.45) is 28.7 Å². The third kappa shape index (κ3) is 4.26. The van der Waals surface area contributed by atoms with Gasteiger partial charge in [0.15, 0.2) is 11.7 Å². The number of allylic oxidation sites excluding steroid dienone is 2.